The van der Waals surface area contributed by atoms with Crippen molar-refractivity contribution in [1.82, 2.24) is 20.2 Å². The van der Waals surface area contributed by atoms with Gasteiger partial charge >= 0.3 is 0 Å². The number of ether oxygens (including phenoxy) is 1. The molecule has 0 aliphatic carbocycles. The molecule has 5 nitrogen and oxygen atoms in total. The standard InChI is InChI=1S/C12H12Cl2N4O/c1-3-4-7-10(13)15-12(16-11(7)14)8-5-6-9(19-2)18-17-8/h5-6H,3-4H2,1-2H3. The number of rotatable bonds is 4. The molecule has 2 heterocycles. The van der Waals surface area contributed by atoms with Crippen LogP contribution in [0.4, 0.5) is 0 Å². The van der Waals surface area contributed by atoms with Crippen molar-refractivity contribution in [3.05, 3.63) is 28.0 Å². The number of aromatic nitrogens is 4. The van der Waals surface area contributed by atoms with Gasteiger partial charge in [-0.15, -0.1) is 10.2 Å². The van der Waals surface area contributed by atoms with Crippen molar-refractivity contribution in [2.24, 2.45) is 0 Å². The Morgan fingerprint density at radius 2 is 1.79 bits per heavy atom. The molecular formula is C12H12Cl2N4O. The number of nitrogens with zero attached hydrogens (tertiary/aromatic N) is 4. The van der Waals surface area contributed by atoms with Gasteiger partial charge in [0.25, 0.3) is 0 Å². The monoisotopic (exact) mass is 298 g/mol. The van der Waals surface area contributed by atoms with E-state index < -0.39 is 0 Å². The second kappa shape index (κ2) is 6.12. The van der Waals surface area contributed by atoms with Crippen molar-refractivity contribution >= 4 is 23.2 Å². The summed E-state index contributed by atoms with van der Waals surface area (Å²) in [7, 11) is 1.52. The number of halogens is 2. The van der Waals surface area contributed by atoms with Crippen LogP contribution in [-0.2, 0) is 6.42 Å². The van der Waals surface area contributed by atoms with Gasteiger partial charge in [-0.1, -0.05) is 36.5 Å². The Kier molecular flexibility index (Phi) is 4.50. The molecule has 2 aromatic rings. The molecule has 0 aromatic carbocycles. The molecular weight excluding hydrogens is 287 g/mol. The topological polar surface area (TPSA) is 60.8 Å². The zero-order chi connectivity index (χ0) is 13.8. The lowest BCUT2D eigenvalue weighted by molar-refractivity contribution is 0.392. The summed E-state index contributed by atoms with van der Waals surface area (Å²) in [4.78, 5) is 8.41. The molecule has 0 N–H and O–H groups in total. The summed E-state index contributed by atoms with van der Waals surface area (Å²) >= 11 is 12.2. The van der Waals surface area contributed by atoms with E-state index in [0.29, 0.717) is 27.7 Å². The molecule has 0 bridgehead atoms. The van der Waals surface area contributed by atoms with Crippen LogP contribution in [-0.4, -0.2) is 27.3 Å². The molecule has 0 amide bonds. The van der Waals surface area contributed by atoms with Crippen LogP contribution in [0.3, 0.4) is 0 Å². The molecule has 100 valence electrons. The van der Waals surface area contributed by atoms with Gasteiger partial charge in [-0.3, -0.25) is 0 Å². The summed E-state index contributed by atoms with van der Waals surface area (Å²) in [5, 5.41) is 8.53. The molecule has 2 rings (SSSR count). The molecule has 0 radical (unpaired) electrons. The van der Waals surface area contributed by atoms with Gasteiger partial charge in [0, 0.05) is 11.6 Å². The zero-order valence-corrected chi connectivity index (χ0v) is 12.0. The molecule has 7 heteroatoms. The molecule has 0 saturated carbocycles. The molecule has 0 saturated heterocycles. The normalized spacial score (nSPS) is 10.5. The van der Waals surface area contributed by atoms with E-state index in [-0.39, 0.29) is 0 Å². The summed E-state index contributed by atoms with van der Waals surface area (Å²) < 4.78 is 4.94. The Balaban J connectivity index is 2.39. The lowest BCUT2D eigenvalue weighted by Crippen LogP contribution is -2.00. The fourth-order valence-corrected chi connectivity index (χ4v) is 2.13. The van der Waals surface area contributed by atoms with Gasteiger partial charge in [0.2, 0.25) is 5.88 Å². The first kappa shape index (κ1) is 14.0. The summed E-state index contributed by atoms with van der Waals surface area (Å²) in [6.07, 6.45) is 1.66. The Morgan fingerprint density at radius 3 is 2.26 bits per heavy atom. The lowest BCUT2D eigenvalue weighted by atomic mass is 10.2. The zero-order valence-electron chi connectivity index (χ0n) is 10.5. The Bertz CT molecular complexity index is 551. The highest BCUT2D eigenvalue weighted by atomic mass is 35.5. The van der Waals surface area contributed by atoms with Crippen molar-refractivity contribution in [2.75, 3.05) is 7.11 Å². The molecule has 0 atom stereocenters. The highest BCUT2D eigenvalue weighted by Crippen LogP contribution is 2.26. The first-order valence-electron chi connectivity index (χ1n) is 5.75. The number of hydrogen-bond acceptors (Lipinski definition) is 5. The summed E-state index contributed by atoms with van der Waals surface area (Å²) in [5.74, 6) is 0.772. The van der Waals surface area contributed by atoms with E-state index in [9.17, 15) is 0 Å². The predicted molar refractivity (Wildman–Crippen MR) is 73.6 cm³/mol. The Morgan fingerprint density at radius 1 is 1.11 bits per heavy atom. The van der Waals surface area contributed by atoms with Gasteiger partial charge < -0.3 is 4.74 Å². The third-order valence-electron chi connectivity index (χ3n) is 2.48. The average molecular weight is 299 g/mol. The first-order valence-corrected chi connectivity index (χ1v) is 6.51. The van der Waals surface area contributed by atoms with E-state index in [1.165, 1.54) is 7.11 Å². The van der Waals surface area contributed by atoms with Crippen molar-refractivity contribution in [1.29, 1.82) is 0 Å². The fraction of sp³-hybridized carbons (Fsp3) is 0.333. The lowest BCUT2D eigenvalue weighted by Gasteiger charge is -2.06. The van der Waals surface area contributed by atoms with E-state index in [4.69, 9.17) is 27.9 Å². The highest BCUT2D eigenvalue weighted by molar-refractivity contribution is 6.34. The maximum atomic E-state index is 6.11. The molecule has 19 heavy (non-hydrogen) atoms. The second-order valence-corrected chi connectivity index (χ2v) is 4.53. The molecule has 0 unspecified atom stereocenters. The van der Waals surface area contributed by atoms with Crippen molar-refractivity contribution in [3.63, 3.8) is 0 Å². The van der Waals surface area contributed by atoms with Crippen LogP contribution in [0, 0.1) is 0 Å². The minimum atomic E-state index is 0.352. The third-order valence-corrected chi connectivity index (χ3v) is 3.11. The highest BCUT2D eigenvalue weighted by Gasteiger charge is 2.13. The van der Waals surface area contributed by atoms with Crippen LogP contribution in [0.15, 0.2) is 12.1 Å². The van der Waals surface area contributed by atoms with Gasteiger partial charge in [-0.25, -0.2) is 9.97 Å². The van der Waals surface area contributed by atoms with Crippen LogP contribution in [0.2, 0.25) is 10.3 Å². The van der Waals surface area contributed by atoms with Gasteiger partial charge in [0.15, 0.2) is 5.82 Å². The van der Waals surface area contributed by atoms with Gasteiger partial charge in [-0.05, 0) is 12.5 Å². The molecule has 2 aromatic heterocycles. The van der Waals surface area contributed by atoms with Crippen LogP contribution in [0.5, 0.6) is 5.88 Å². The van der Waals surface area contributed by atoms with Crippen molar-refractivity contribution in [2.45, 2.75) is 19.8 Å². The van der Waals surface area contributed by atoms with E-state index in [2.05, 4.69) is 20.2 Å². The van der Waals surface area contributed by atoms with Gasteiger partial charge in [0.05, 0.1) is 7.11 Å². The summed E-state index contributed by atoms with van der Waals surface area (Å²) in [5.41, 5.74) is 1.25. The minimum Gasteiger partial charge on any atom is -0.480 e. The largest absolute Gasteiger partial charge is 0.480 e. The Labute approximate surface area is 121 Å². The SMILES string of the molecule is CCCc1c(Cl)nc(-c2ccc(OC)nn2)nc1Cl. The number of hydrogen-bond donors (Lipinski definition) is 0. The molecule has 0 aliphatic heterocycles. The second-order valence-electron chi connectivity index (χ2n) is 3.82. The van der Waals surface area contributed by atoms with Crippen LogP contribution in [0.1, 0.15) is 18.9 Å². The molecule has 0 fully saturated rings. The van der Waals surface area contributed by atoms with Crippen LogP contribution in [0.25, 0.3) is 11.5 Å². The quantitative estimate of drug-likeness (QED) is 0.811. The fourth-order valence-electron chi connectivity index (χ4n) is 1.55. The first-order chi connectivity index (χ1) is 9.15. The smallest absolute Gasteiger partial charge is 0.233 e. The molecule has 0 spiro atoms. The van der Waals surface area contributed by atoms with Gasteiger partial charge in [0.1, 0.15) is 16.0 Å². The van der Waals surface area contributed by atoms with E-state index in [0.717, 1.165) is 18.4 Å². The summed E-state index contributed by atoms with van der Waals surface area (Å²) in [6.45, 7) is 2.04. The van der Waals surface area contributed by atoms with Crippen LogP contribution < -0.4 is 4.74 Å². The number of methoxy groups -OCH3 is 1. The van der Waals surface area contributed by atoms with Crippen molar-refractivity contribution < 1.29 is 4.74 Å². The van der Waals surface area contributed by atoms with Gasteiger partial charge in [-0.2, -0.15) is 0 Å². The Hall–Kier alpha value is -1.46. The summed E-state index contributed by atoms with van der Waals surface area (Å²) in [6, 6.07) is 3.38. The molecule has 0 aliphatic rings. The van der Waals surface area contributed by atoms with Crippen molar-refractivity contribution in [3.8, 4) is 17.4 Å². The van der Waals surface area contributed by atoms with E-state index in [1.54, 1.807) is 12.1 Å². The maximum Gasteiger partial charge on any atom is 0.233 e. The third kappa shape index (κ3) is 3.11. The average Bonchev–Trinajstić information content (AvgIpc) is 2.43. The predicted octanol–water partition coefficient (Wildman–Crippen LogP) is 3.20. The van der Waals surface area contributed by atoms with E-state index in [1.807, 2.05) is 6.92 Å². The minimum absolute atomic E-state index is 0.352. The van der Waals surface area contributed by atoms with E-state index >= 15 is 0 Å². The van der Waals surface area contributed by atoms with Crippen LogP contribution >= 0.6 is 23.2 Å². The maximum absolute atomic E-state index is 6.11.